The summed E-state index contributed by atoms with van der Waals surface area (Å²) in [5.41, 5.74) is 1.57. The molecular weight excluding hydrogens is 646 g/mol. The molecule has 1 aromatic heterocycles. The van der Waals surface area contributed by atoms with Crippen molar-refractivity contribution in [3.63, 3.8) is 0 Å². The first-order valence-electron chi connectivity index (χ1n) is 7.60. The van der Waals surface area contributed by atoms with E-state index in [0.717, 1.165) is 18.3 Å². The SMILES string of the molecule is C.C.O=C(CBr)c1ccccc1I.O=C(Cn1ccnc1)c1ccccc1I. The number of hydrogen-bond acceptors (Lipinski definition) is 3. The molecule has 3 aromatic rings. The second-order valence-corrected chi connectivity index (χ2v) is 8.06. The summed E-state index contributed by atoms with van der Waals surface area (Å²) in [4.78, 5) is 27.0. The molecule has 2 aromatic carbocycles. The number of nitrogens with zero attached hydrogens (tertiary/aromatic N) is 2. The molecule has 0 aliphatic carbocycles. The normalized spacial score (nSPS) is 9.25. The average molecular weight is 669 g/mol. The molecule has 0 radical (unpaired) electrons. The molecule has 0 atom stereocenters. The van der Waals surface area contributed by atoms with Gasteiger partial charge in [-0.05, 0) is 57.3 Å². The number of imidazole rings is 1. The molecule has 0 N–H and O–H groups in total. The second-order valence-electron chi connectivity index (χ2n) is 5.17. The van der Waals surface area contributed by atoms with Crippen LogP contribution in [0.5, 0.6) is 0 Å². The third-order valence-electron chi connectivity index (χ3n) is 3.36. The minimum atomic E-state index is 0. The Morgan fingerprint density at radius 3 is 1.82 bits per heavy atom. The van der Waals surface area contributed by atoms with Crippen LogP contribution in [0.15, 0.2) is 67.3 Å². The van der Waals surface area contributed by atoms with Gasteiger partial charge in [-0.1, -0.05) is 67.2 Å². The van der Waals surface area contributed by atoms with Gasteiger partial charge in [0.2, 0.25) is 0 Å². The Hall–Kier alpha value is -1.07. The Bertz CT molecular complexity index is 884. The van der Waals surface area contributed by atoms with Crippen LogP contribution in [0.4, 0.5) is 0 Å². The van der Waals surface area contributed by atoms with E-state index < -0.39 is 0 Å². The van der Waals surface area contributed by atoms with E-state index in [1.165, 1.54) is 0 Å². The van der Waals surface area contributed by atoms with E-state index in [0.29, 0.717) is 11.9 Å². The Morgan fingerprint density at radius 1 is 0.893 bits per heavy atom. The first kappa shape index (κ1) is 26.9. The first-order valence-corrected chi connectivity index (χ1v) is 10.9. The molecule has 1 heterocycles. The minimum Gasteiger partial charge on any atom is -0.330 e. The molecule has 150 valence electrons. The summed E-state index contributed by atoms with van der Waals surface area (Å²) >= 11 is 7.46. The summed E-state index contributed by atoms with van der Waals surface area (Å²) < 4.78 is 3.76. The fourth-order valence-electron chi connectivity index (χ4n) is 2.08. The Balaban J connectivity index is 0.000000507. The summed E-state index contributed by atoms with van der Waals surface area (Å²) in [6.45, 7) is 0.347. The number of carbonyl (C=O) groups is 2. The van der Waals surface area contributed by atoms with Crippen LogP contribution in [0.3, 0.4) is 0 Å². The molecule has 0 aliphatic heterocycles. The van der Waals surface area contributed by atoms with E-state index >= 15 is 0 Å². The van der Waals surface area contributed by atoms with E-state index in [9.17, 15) is 9.59 Å². The molecular formula is C21H23BrI2N2O2. The van der Waals surface area contributed by atoms with E-state index in [2.05, 4.69) is 66.1 Å². The molecule has 0 fully saturated rings. The zero-order valence-electron chi connectivity index (χ0n) is 13.6. The van der Waals surface area contributed by atoms with E-state index in [1.807, 2.05) is 48.5 Å². The number of alkyl halides is 1. The van der Waals surface area contributed by atoms with E-state index in [1.54, 1.807) is 23.3 Å². The quantitative estimate of drug-likeness (QED) is 0.177. The van der Waals surface area contributed by atoms with Crippen molar-refractivity contribution in [2.75, 3.05) is 5.33 Å². The molecule has 0 unspecified atom stereocenters. The first-order chi connectivity index (χ1) is 12.5. The lowest BCUT2D eigenvalue weighted by molar-refractivity contribution is 0.0970. The number of aromatic nitrogens is 2. The Kier molecular flexibility index (Phi) is 13.5. The van der Waals surface area contributed by atoms with Crippen molar-refractivity contribution >= 4 is 72.7 Å². The average Bonchev–Trinajstić information content (AvgIpc) is 3.15. The van der Waals surface area contributed by atoms with Gasteiger partial charge in [-0.3, -0.25) is 9.59 Å². The molecule has 3 rings (SSSR count). The highest BCUT2D eigenvalue weighted by Gasteiger charge is 2.09. The van der Waals surface area contributed by atoms with Crippen molar-refractivity contribution in [1.82, 2.24) is 9.55 Å². The maximum atomic E-state index is 11.9. The third kappa shape index (κ3) is 8.12. The van der Waals surface area contributed by atoms with Crippen LogP contribution in [0.1, 0.15) is 35.6 Å². The van der Waals surface area contributed by atoms with Gasteiger partial charge in [-0.15, -0.1) is 0 Å². The number of benzene rings is 2. The fraction of sp³-hybridized carbons (Fsp3) is 0.190. The molecule has 0 aliphatic rings. The van der Waals surface area contributed by atoms with Crippen molar-refractivity contribution in [1.29, 1.82) is 0 Å². The number of carbonyl (C=O) groups excluding carboxylic acids is 2. The van der Waals surface area contributed by atoms with Gasteiger partial charge < -0.3 is 4.57 Å². The van der Waals surface area contributed by atoms with Crippen LogP contribution in [0.25, 0.3) is 0 Å². The Labute approximate surface area is 202 Å². The van der Waals surface area contributed by atoms with Crippen molar-refractivity contribution in [3.05, 3.63) is 85.5 Å². The van der Waals surface area contributed by atoms with Gasteiger partial charge in [0.05, 0.1) is 18.2 Å². The van der Waals surface area contributed by atoms with Crippen LogP contribution in [0, 0.1) is 7.14 Å². The Morgan fingerprint density at radius 2 is 1.39 bits per heavy atom. The number of rotatable bonds is 5. The lowest BCUT2D eigenvalue weighted by atomic mass is 10.1. The topological polar surface area (TPSA) is 52.0 Å². The van der Waals surface area contributed by atoms with Crippen LogP contribution >= 0.6 is 61.1 Å². The predicted octanol–water partition coefficient (Wildman–Crippen LogP) is 6.51. The molecule has 0 saturated heterocycles. The van der Waals surface area contributed by atoms with Crippen molar-refractivity contribution in [3.8, 4) is 0 Å². The van der Waals surface area contributed by atoms with Crippen LogP contribution in [-0.2, 0) is 6.54 Å². The molecule has 0 spiro atoms. The maximum absolute atomic E-state index is 11.9. The van der Waals surface area contributed by atoms with Crippen LogP contribution in [-0.4, -0.2) is 26.4 Å². The minimum absolute atomic E-state index is 0. The van der Waals surface area contributed by atoms with Gasteiger partial charge in [0.1, 0.15) is 0 Å². The van der Waals surface area contributed by atoms with Crippen molar-refractivity contribution < 1.29 is 9.59 Å². The number of Topliss-reactive ketones (excluding diaryl/α,β-unsaturated/α-hetero) is 2. The van der Waals surface area contributed by atoms with Crippen molar-refractivity contribution in [2.24, 2.45) is 0 Å². The zero-order chi connectivity index (χ0) is 18.9. The monoisotopic (exact) mass is 668 g/mol. The summed E-state index contributed by atoms with van der Waals surface area (Å²) in [6, 6.07) is 15.1. The molecule has 0 bridgehead atoms. The molecule has 4 nitrogen and oxygen atoms in total. The highest BCUT2D eigenvalue weighted by Crippen LogP contribution is 2.13. The number of hydrogen-bond donors (Lipinski definition) is 0. The van der Waals surface area contributed by atoms with Gasteiger partial charge in [0.15, 0.2) is 11.6 Å². The largest absolute Gasteiger partial charge is 0.330 e. The van der Waals surface area contributed by atoms with Gasteiger partial charge >= 0.3 is 0 Å². The van der Waals surface area contributed by atoms with Gasteiger partial charge in [-0.2, -0.15) is 0 Å². The van der Waals surface area contributed by atoms with Gasteiger partial charge in [-0.25, -0.2) is 4.98 Å². The van der Waals surface area contributed by atoms with E-state index in [4.69, 9.17) is 0 Å². The molecule has 0 saturated carbocycles. The zero-order valence-corrected chi connectivity index (χ0v) is 19.5. The standard InChI is InChI=1S/C11H9IN2O.C8H6BrIO.2CH4/c12-10-4-2-1-3-9(10)11(15)7-14-6-5-13-8-14;9-5-8(11)6-3-1-2-4-7(6)10;;/h1-6,8H,7H2;1-4H,5H2;2*1H4. The smallest absolute Gasteiger partial charge is 0.183 e. The summed E-state index contributed by atoms with van der Waals surface area (Å²) in [7, 11) is 0. The lowest BCUT2D eigenvalue weighted by Crippen LogP contribution is -2.10. The number of halogens is 3. The van der Waals surface area contributed by atoms with Crippen molar-refractivity contribution in [2.45, 2.75) is 21.4 Å². The van der Waals surface area contributed by atoms with Gasteiger partial charge in [0.25, 0.3) is 0 Å². The third-order valence-corrected chi connectivity index (χ3v) is 5.75. The van der Waals surface area contributed by atoms with Crippen LogP contribution in [0.2, 0.25) is 0 Å². The van der Waals surface area contributed by atoms with E-state index in [-0.39, 0.29) is 26.4 Å². The summed E-state index contributed by atoms with van der Waals surface area (Å²) in [5.74, 6) is 0.244. The highest BCUT2D eigenvalue weighted by atomic mass is 127. The molecule has 0 amide bonds. The summed E-state index contributed by atoms with van der Waals surface area (Å²) in [6.07, 6.45) is 5.10. The van der Waals surface area contributed by atoms with Crippen LogP contribution < -0.4 is 0 Å². The second kappa shape index (κ2) is 14.0. The molecule has 7 heteroatoms. The predicted molar refractivity (Wildman–Crippen MR) is 136 cm³/mol. The molecule has 28 heavy (non-hydrogen) atoms. The highest BCUT2D eigenvalue weighted by molar-refractivity contribution is 14.1. The maximum Gasteiger partial charge on any atom is 0.183 e. The fourth-order valence-corrected chi connectivity index (χ4v) is 3.76. The number of ketones is 2. The summed E-state index contributed by atoms with van der Waals surface area (Å²) in [5, 5.41) is 0.396. The van der Waals surface area contributed by atoms with Gasteiger partial charge in [0, 0.05) is 30.7 Å². The lowest BCUT2D eigenvalue weighted by Gasteiger charge is -2.03.